The minimum Gasteiger partial charge on any atom is -0.497 e. The summed E-state index contributed by atoms with van der Waals surface area (Å²) in [6.45, 7) is 12.1. The minimum absolute atomic E-state index is 0.0487. The first-order valence-electron chi connectivity index (χ1n) is 7.15. The fourth-order valence-corrected chi connectivity index (χ4v) is 2.29. The zero-order chi connectivity index (χ0) is 15.5. The molecule has 1 aromatic carbocycles. The van der Waals surface area contributed by atoms with Gasteiger partial charge < -0.3 is 9.64 Å². The Morgan fingerprint density at radius 3 is 1.95 bits per heavy atom. The lowest BCUT2D eigenvalue weighted by atomic mass is 9.92. The third-order valence-corrected chi connectivity index (χ3v) is 3.45. The van der Waals surface area contributed by atoms with Crippen LogP contribution in [0.5, 0.6) is 5.75 Å². The van der Waals surface area contributed by atoms with Crippen molar-refractivity contribution in [2.24, 2.45) is 5.41 Å². The molecule has 3 heteroatoms. The van der Waals surface area contributed by atoms with E-state index in [1.165, 1.54) is 0 Å². The van der Waals surface area contributed by atoms with Crippen LogP contribution < -0.4 is 4.74 Å². The zero-order valence-electron chi connectivity index (χ0n) is 13.7. The van der Waals surface area contributed by atoms with Crippen molar-refractivity contribution in [3.63, 3.8) is 0 Å². The molecule has 0 aliphatic heterocycles. The summed E-state index contributed by atoms with van der Waals surface area (Å²) in [4.78, 5) is 14.6. The van der Waals surface area contributed by atoms with E-state index in [0.29, 0.717) is 0 Å². The molecule has 1 rings (SSSR count). The molecule has 0 aromatic heterocycles. The van der Waals surface area contributed by atoms with Crippen molar-refractivity contribution in [3.05, 3.63) is 29.8 Å². The van der Waals surface area contributed by atoms with Crippen molar-refractivity contribution in [2.75, 3.05) is 7.11 Å². The summed E-state index contributed by atoms with van der Waals surface area (Å²) in [6, 6.07) is 8.13. The first-order valence-corrected chi connectivity index (χ1v) is 7.15. The van der Waals surface area contributed by atoms with Crippen LogP contribution in [0.1, 0.15) is 53.1 Å². The SMILES string of the molecule is COc1ccc([C@@H](C)N(C(=O)C(C)(C)C)C(C)C)cc1. The number of rotatable bonds is 4. The standard InChI is InChI=1S/C17H27NO2/c1-12(2)18(16(19)17(4,5)6)13(3)14-8-10-15(20-7)11-9-14/h8-13H,1-7H3/t13-/m1/s1. The van der Waals surface area contributed by atoms with Crippen LogP contribution in [-0.4, -0.2) is 24.0 Å². The minimum atomic E-state index is -0.370. The number of hydrogen-bond donors (Lipinski definition) is 0. The van der Waals surface area contributed by atoms with Crippen LogP contribution in [0.4, 0.5) is 0 Å². The van der Waals surface area contributed by atoms with Gasteiger partial charge in [-0.15, -0.1) is 0 Å². The second-order valence-electron chi connectivity index (χ2n) is 6.51. The molecule has 112 valence electrons. The Kier molecular flexibility index (Phi) is 5.21. The molecule has 3 nitrogen and oxygen atoms in total. The summed E-state index contributed by atoms with van der Waals surface area (Å²) in [5, 5.41) is 0. The second kappa shape index (κ2) is 6.29. The van der Waals surface area contributed by atoms with Gasteiger partial charge in [-0.25, -0.2) is 0 Å². The highest BCUT2D eigenvalue weighted by atomic mass is 16.5. The van der Waals surface area contributed by atoms with E-state index >= 15 is 0 Å². The van der Waals surface area contributed by atoms with Gasteiger partial charge in [-0.05, 0) is 38.5 Å². The molecular weight excluding hydrogens is 250 g/mol. The molecule has 0 radical (unpaired) electrons. The van der Waals surface area contributed by atoms with Gasteiger partial charge in [-0.2, -0.15) is 0 Å². The average molecular weight is 277 g/mol. The van der Waals surface area contributed by atoms with Crippen molar-refractivity contribution in [1.82, 2.24) is 4.90 Å². The van der Waals surface area contributed by atoms with Gasteiger partial charge in [0, 0.05) is 11.5 Å². The zero-order valence-corrected chi connectivity index (χ0v) is 13.7. The maximum Gasteiger partial charge on any atom is 0.228 e. The molecule has 0 N–H and O–H groups in total. The number of amides is 1. The molecule has 20 heavy (non-hydrogen) atoms. The largest absolute Gasteiger partial charge is 0.497 e. The number of methoxy groups -OCH3 is 1. The summed E-state index contributed by atoms with van der Waals surface area (Å²) in [5.41, 5.74) is 0.752. The van der Waals surface area contributed by atoms with E-state index in [2.05, 4.69) is 20.8 Å². The third kappa shape index (κ3) is 3.75. The average Bonchev–Trinajstić information content (AvgIpc) is 2.37. The van der Waals surface area contributed by atoms with Crippen LogP contribution in [0.15, 0.2) is 24.3 Å². The monoisotopic (exact) mass is 277 g/mol. The molecule has 1 atom stereocenters. The lowest BCUT2D eigenvalue weighted by molar-refractivity contribution is -0.143. The molecule has 0 spiro atoms. The predicted octanol–water partition coefficient (Wildman–Crippen LogP) is 4.04. The Bertz CT molecular complexity index is 443. The van der Waals surface area contributed by atoms with Gasteiger partial charge in [0.1, 0.15) is 5.75 Å². The Morgan fingerprint density at radius 1 is 1.10 bits per heavy atom. The Hall–Kier alpha value is -1.51. The summed E-state index contributed by atoms with van der Waals surface area (Å²) < 4.78 is 5.18. The van der Waals surface area contributed by atoms with Crippen molar-refractivity contribution in [1.29, 1.82) is 0 Å². The number of ether oxygens (including phenoxy) is 1. The Balaban J connectivity index is 3.05. The van der Waals surface area contributed by atoms with Gasteiger partial charge in [0.25, 0.3) is 0 Å². The van der Waals surface area contributed by atoms with Crippen LogP contribution in [0.25, 0.3) is 0 Å². The van der Waals surface area contributed by atoms with E-state index in [4.69, 9.17) is 4.74 Å². The van der Waals surface area contributed by atoms with E-state index in [9.17, 15) is 4.79 Å². The highest BCUT2D eigenvalue weighted by molar-refractivity contribution is 5.82. The van der Waals surface area contributed by atoms with Gasteiger partial charge in [0.15, 0.2) is 0 Å². The van der Waals surface area contributed by atoms with E-state index in [1.54, 1.807) is 7.11 Å². The smallest absolute Gasteiger partial charge is 0.228 e. The molecule has 1 aromatic rings. The molecule has 0 unspecified atom stereocenters. The van der Waals surface area contributed by atoms with E-state index in [1.807, 2.05) is 49.9 Å². The van der Waals surface area contributed by atoms with E-state index in [-0.39, 0.29) is 23.4 Å². The summed E-state index contributed by atoms with van der Waals surface area (Å²) in [7, 11) is 1.65. The molecule has 0 saturated heterocycles. The van der Waals surface area contributed by atoms with E-state index < -0.39 is 0 Å². The van der Waals surface area contributed by atoms with Crippen molar-refractivity contribution in [2.45, 2.75) is 53.6 Å². The highest BCUT2D eigenvalue weighted by Crippen LogP contribution is 2.29. The maximum absolute atomic E-state index is 12.6. The van der Waals surface area contributed by atoms with Crippen LogP contribution in [-0.2, 0) is 4.79 Å². The predicted molar refractivity (Wildman–Crippen MR) is 82.8 cm³/mol. The fraction of sp³-hybridized carbons (Fsp3) is 0.588. The van der Waals surface area contributed by atoms with E-state index in [0.717, 1.165) is 11.3 Å². The molecule has 0 aliphatic carbocycles. The van der Waals surface area contributed by atoms with Crippen molar-refractivity contribution >= 4 is 5.91 Å². The topological polar surface area (TPSA) is 29.5 Å². The molecule has 0 fully saturated rings. The molecule has 1 amide bonds. The third-order valence-electron chi connectivity index (χ3n) is 3.45. The molecular formula is C17H27NO2. The fourth-order valence-electron chi connectivity index (χ4n) is 2.29. The van der Waals surface area contributed by atoms with Gasteiger partial charge in [0.2, 0.25) is 5.91 Å². The summed E-state index contributed by atoms with van der Waals surface area (Å²) in [6.07, 6.45) is 0. The first kappa shape index (κ1) is 16.5. The lowest BCUT2D eigenvalue weighted by Gasteiger charge is -2.37. The van der Waals surface area contributed by atoms with Crippen LogP contribution >= 0.6 is 0 Å². The molecule has 0 saturated carbocycles. The van der Waals surface area contributed by atoms with Gasteiger partial charge in [0.05, 0.1) is 13.2 Å². The Labute approximate surface area is 122 Å². The summed E-state index contributed by atoms with van der Waals surface area (Å²) >= 11 is 0. The van der Waals surface area contributed by atoms with Crippen LogP contribution in [0.3, 0.4) is 0 Å². The van der Waals surface area contributed by atoms with Gasteiger partial charge in [-0.3, -0.25) is 4.79 Å². The number of nitrogens with zero attached hydrogens (tertiary/aromatic N) is 1. The highest BCUT2D eigenvalue weighted by Gasteiger charge is 2.32. The number of carbonyl (C=O) groups is 1. The maximum atomic E-state index is 12.6. The van der Waals surface area contributed by atoms with Gasteiger partial charge >= 0.3 is 0 Å². The van der Waals surface area contributed by atoms with Crippen molar-refractivity contribution in [3.8, 4) is 5.75 Å². The molecule has 0 bridgehead atoms. The summed E-state index contributed by atoms with van der Waals surface area (Å²) in [5.74, 6) is 1.01. The number of hydrogen-bond acceptors (Lipinski definition) is 2. The number of benzene rings is 1. The Morgan fingerprint density at radius 2 is 1.60 bits per heavy atom. The first-order chi connectivity index (χ1) is 9.18. The number of carbonyl (C=O) groups excluding carboxylic acids is 1. The van der Waals surface area contributed by atoms with Crippen LogP contribution in [0.2, 0.25) is 0 Å². The lowest BCUT2D eigenvalue weighted by Crippen LogP contribution is -2.45. The normalized spacial score (nSPS) is 13.2. The van der Waals surface area contributed by atoms with Crippen molar-refractivity contribution < 1.29 is 9.53 Å². The second-order valence-corrected chi connectivity index (χ2v) is 6.51. The van der Waals surface area contributed by atoms with Crippen LogP contribution in [0, 0.1) is 5.41 Å². The molecule has 0 heterocycles. The molecule has 0 aliphatic rings. The quantitative estimate of drug-likeness (QED) is 0.831. The van der Waals surface area contributed by atoms with Gasteiger partial charge in [-0.1, -0.05) is 32.9 Å².